The molecule has 240 valence electrons. The lowest BCUT2D eigenvalue weighted by Gasteiger charge is -2.49. The number of hydrogen-bond acceptors (Lipinski definition) is 7. The number of nitrogens with zero attached hydrogens (tertiary/aromatic N) is 3. The van der Waals surface area contributed by atoms with Crippen molar-refractivity contribution < 1.29 is 19.0 Å². The molecule has 6 rings (SSSR count). The van der Waals surface area contributed by atoms with E-state index in [2.05, 4.69) is 15.5 Å². The Labute approximate surface area is 270 Å². The highest BCUT2D eigenvalue weighted by molar-refractivity contribution is 6.36. The largest absolute Gasteiger partial charge is 0.496 e. The van der Waals surface area contributed by atoms with Crippen LogP contribution in [0.4, 0.5) is 10.1 Å². The average molecular weight is 648 g/mol. The number of benzene rings is 3. The van der Waals surface area contributed by atoms with Gasteiger partial charge in [-0.1, -0.05) is 41.9 Å². The second-order valence-corrected chi connectivity index (χ2v) is 12.5. The molecular weight excluding hydrogens is 613 g/mol. The van der Waals surface area contributed by atoms with Crippen LogP contribution in [0.1, 0.15) is 27.9 Å². The van der Waals surface area contributed by atoms with Crippen molar-refractivity contribution in [2.75, 3.05) is 32.1 Å². The van der Waals surface area contributed by atoms with E-state index in [1.54, 1.807) is 18.2 Å². The highest BCUT2D eigenvalue weighted by atomic mass is 35.5. The fraction of sp³-hybridized carbons (Fsp3) is 0.324. The number of carbonyl (C=O) groups is 1. The molecule has 2 aliphatic heterocycles. The van der Waals surface area contributed by atoms with Crippen molar-refractivity contribution >= 4 is 23.2 Å². The predicted molar refractivity (Wildman–Crippen MR) is 175 cm³/mol. The molecule has 46 heavy (non-hydrogen) atoms. The Balaban J connectivity index is 1.28. The maximum absolute atomic E-state index is 15.7. The third-order valence-electron chi connectivity index (χ3n) is 9.25. The number of hydrogen-bond donors (Lipinski definition) is 3. The van der Waals surface area contributed by atoms with Crippen LogP contribution in [-0.4, -0.2) is 58.0 Å². The van der Waals surface area contributed by atoms with Gasteiger partial charge >= 0.3 is 5.69 Å². The van der Waals surface area contributed by atoms with E-state index in [0.29, 0.717) is 63.9 Å². The Kier molecular flexibility index (Phi) is 8.36. The number of halogens is 2. The molecular formula is C34H35ClFN5O5. The smallest absolute Gasteiger partial charge is 0.330 e. The van der Waals surface area contributed by atoms with Crippen LogP contribution in [0.15, 0.2) is 64.3 Å². The average Bonchev–Trinajstić information content (AvgIpc) is 3.40. The summed E-state index contributed by atoms with van der Waals surface area (Å²) in [5, 5.41) is 16.6. The highest BCUT2D eigenvalue weighted by Gasteiger charge is 2.51. The minimum Gasteiger partial charge on any atom is -0.496 e. The number of ether oxygens (including phenoxy) is 1. The lowest BCUT2D eigenvalue weighted by Crippen LogP contribution is -2.60. The van der Waals surface area contributed by atoms with E-state index in [-0.39, 0.29) is 11.0 Å². The van der Waals surface area contributed by atoms with E-state index < -0.39 is 29.2 Å². The fourth-order valence-corrected chi connectivity index (χ4v) is 6.94. The third kappa shape index (κ3) is 5.43. The summed E-state index contributed by atoms with van der Waals surface area (Å²) < 4.78 is 23.4. The minimum absolute atomic E-state index is 0.171. The molecule has 2 aliphatic rings. The van der Waals surface area contributed by atoms with Gasteiger partial charge in [0.1, 0.15) is 23.4 Å². The number of aliphatic hydroxyl groups is 1. The van der Waals surface area contributed by atoms with Gasteiger partial charge in [-0.15, -0.1) is 0 Å². The molecule has 0 radical (unpaired) electrons. The van der Waals surface area contributed by atoms with E-state index in [1.165, 1.54) is 38.0 Å². The molecule has 3 heterocycles. The van der Waals surface area contributed by atoms with Crippen molar-refractivity contribution in [1.82, 2.24) is 19.4 Å². The van der Waals surface area contributed by atoms with Crippen molar-refractivity contribution in [2.45, 2.75) is 26.1 Å². The first kappa shape index (κ1) is 31.7. The van der Waals surface area contributed by atoms with E-state index in [9.17, 15) is 19.5 Å². The van der Waals surface area contributed by atoms with Crippen LogP contribution < -0.4 is 26.6 Å². The summed E-state index contributed by atoms with van der Waals surface area (Å²) in [6.07, 6.45) is 1.57. The number of aliphatic hydroxyl groups excluding tert-OH is 1. The normalized spacial score (nSPS) is 17.2. The first-order valence-corrected chi connectivity index (χ1v) is 15.3. The molecule has 0 bridgehead atoms. The fourth-order valence-electron chi connectivity index (χ4n) is 6.60. The molecule has 3 aromatic carbocycles. The number of aryl methyl sites for hydroxylation is 1. The first-order valence-electron chi connectivity index (χ1n) is 14.9. The Bertz CT molecular complexity index is 1980. The molecule has 1 unspecified atom stereocenters. The number of amides is 1. The summed E-state index contributed by atoms with van der Waals surface area (Å²) in [6, 6.07) is 14.1. The SMILES string of the molecule is COc1cc(-c2cccc(-c3cccc(NC(=O)c4cn(C)c(=O)n(C)c4=O)c3C)c2Cl)cc(F)c1CN1CC2(CCNC2O)C1. The molecule has 1 atom stereocenters. The van der Waals surface area contributed by atoms with Gasteiger partial charge < -0.3 is 19.7 Å². The molecule has 3 N–H and O–H groups in total. The molecule has 12 heteroatoms. The monoisotopic (exact) mass is 647 g/mol. The van der Waals surface area contributed by atoms with Gasteiger partial charge in [-0.3, -0.25) is 24.4 Å². The molecule has 2 saturated heterocycles. The van der Waals surface area contributed by atoms with Gasteiger partial charge in [0, 0.05) is 67.7 Å². The van der Waals surface area contributed by atoms with Gasteiger partial charge in [-0.05, 0) is 54.8 Å². The molecule has 1 spiro atoms. The van der Waals surface area contributed by atoms with Crippen molar-refractivity contribution in [3.05, 3.63) is 103 Å². The summed E-state index contributed by atoms with van der Waals surface area (Å²) >= 11 is 7.00. The van der Waals surface area contributed by atoms with E-state index in [4.69, 9.17) is 16.3 Å². The summed E-state index contributed by atoms with van der Waals surface area (Å²) in [6.45, 7) is 4.32. The quantitative estimate of drug-likeness (QED) is 0.279. The molecule has 10 nitrogen and oxygen atoms in total. The van der Waals surface area contributed by atoms with Crippen LogP contribution in [0.3, 0.4) is 0 Å². The van der Waals surface area contributed by atoms with Crippen molar-refractivity contribution in [3.63, 3.8) is 0 Å². The zero-order valence-electron chi connectivity index (χ0n) is 26.0. The number of methoxy groups -OCH3 is 1. The molecule has 1 amide bonds. The first-order chi connectivity index (χ1) is 21.9. The molecule has 1 aromatic heterocycles. The van der Waals surface area contributed by atoms with Gasteiger partial charge in [0.05, 0.1) is 12.1 Å². The summed E-state index contributed by atoms with van der Waals surface area (Å²) in [7, 11) is 4.30. The number of carbonyl (C=O) groups excluding carboxylic acids is 1. The van der Waals surface area contributed by atoms with Gasteiger partial charge in [-0.25, -0.2) is 9.18 Å². The summed E-state index contributed by atoms with van der Waals surface area (Å²) in [4.78, 5) is 39.9. The van der Waals surface area contributed by atoms with Crippen LogP contribution in [0, 0.1) is 18.2 Å². The van der Waals surface area contributed by atoms with Gasteiger partial charge in [0.2, 0.25) is 0 Å². The van der Waals surface area contributed by atoms with Gasteiger partial charge in [-0.2, -0.15) is 0 Å². The van der Waals surface area contributed by atoms with Crippen LogP contribution in [0.5, 0.6) is 5.75 Å². The number of rotatable bonds is 7. The number of anilines is 1. The maximum Gasteiger partial charge on any atom is 0.330 e. The number of nitrogens with one attached hydrogen (secondary N) is 2. The Morgan fingerprint density at radius 3 is 2.52 bits per heavy atom. The molecule has 2 fully saturated rings. The second kappa shape index (κ2) is 12.1. The lowest BCUT2D eigenvalue weighted by atomic mass is 9.77. The summed E-state index contributed by atoms with van der Waals surface area (Å²) in [5.41, 5.74) is 2.59. The van der Waals surface area contributed by atoms with Crippen LogP contribution in [0.2, 0.25) is 5.02 Å². The summed E-state index contributed by atoms with van der Waals surface area (Å²) in [5.74, 6) is -0.649. The van der Waals surface area contributed by atoms with Crippen LogP contribution >= 0.6 is 11.6 Å². The molecule has 0 aliphatic carbocycles. The van der Waals surface area contributed by atoms with Gasteiger partial charge in [0.15, 0.2) is 0 Å². The Hall–Kier alpha value is -4.29. The molecule has 0 saturated carbocycles. The van der Waals surface area contributed by atoms with Crippen molar-refractivity contribution in [3.8, 4) is 28.0 Å². The van der Waals surface area contributed by atoms with E-state index in [0.717, 1.165) is 23.1 Å². The Morgan fingerprint density at radius 1 is 1.13 bits per heavy atom. The predicted octanol–water partition coefficient (Wildman–Crippen LogP) is 3.89. The molecule has 4 aromatic rings. The topological polar surface area (TPSA) is 118 Å². The van der Waals surface area contributed by atoms with Crippen molar-refractivity contribution in [2.24, 2.45) is 19.5 Å². The van der Waals surface area contributed by atoms with Gasteiger partial charge in [0.25, 0.3) is 11.5 Å². The highest BCUT2D eigenvalue weighted by Crippen LogP contribution is 2.43. The van der Waals surface area contributed by atoms with Crippen LogP contribution in [0.25, 0.3) is 22.3 Å². The number of likely N-dealkylation sites (tertiary alicyclic amines) is 1. The zero-order chi connectivity index (χ0) is 32.9. The van der Waals surface area contributed by atoms with Crippen molar-refractivity contribution in [1.29, 1.82) is 0 Å². The van der Waals surface area contributed by atoms with Crippen LogP contribution in [-0.2, 0) is 20.6 Å². The maximum atomic E-state index is 15.7. The minimum atomic E-state index is -0.697. The standard InChI is InChI=1S/C34H35ClFN5O5/c1-19-21(7-6-10-27(19)38-30(42)25-15-39(2)33(45)40(3)31(25)43)23-9-5-8-22(29(23)35)20-13-26(36)24(28(14-20)46-4)16-41-17-34(18-41)11-12-37-32(34)44/h5-10,13-15,32,37,44H,11-12,16-18H2,1-4H3,(H,38,42). The Morgan fingerprint density at radius 2 is 1.83 bits per heavy atom. The van der Waals surface area contributed by atoms with E-state index in [1.807, 2.05) is 31.2 Å². The zero-order valence-corrected chi connectivity index (χ0v) is 26.7. The third-order valence-corrected chi connectivity index (χ3v) is 9.65. The number of aromatic nitrogens is 2. The van der Waals surface area contributed by atoms with E-state index >= 15 is 4.39 Å². The lowest BCUT2D eigenvalue weighted by molar-refractivity contribution is -0.0840. The second-order valence-electron chi connectivity index (χ2n) is 12.2.